The van der Waals surface area contributed by atoms with Gasteiger partial charge in [0.25, 0.3) is 0 Å². The summed E-state index contributed by atoms with van der Waals surface area (Å²) in [5.74, 6) is 0. The number of benzene rings is 1. The van der Waals surface area contributed by atoms with E-state index in [-0.39, 0.29) is 5.41 Å². The molecule has 0 amide bonds. The average molecular weight is 326 g/mol. The fourth-order valence-electron chi connectivity index (χ4n) is 3.27. The first-order valence-electron chi connectivity index (χ1n) is 8.69. The Labute approximate surface area is 146 Å². The van der Waals surface area contributed by atoms with Gasteiger partial charge in [-0.1, -0.05) is 37.6 Å². The van der Waals surface area contributed by atoms with E-state index in [2.05, 4.69) is 62.7 Å². The third kappa shape index (κ3) is 5.15. The minimum absolute atomic E-state index is 0.0920. The highest BCUT2D eigenvalue weighted by Crippen LogP contribution is 2.23. The van der Waals surface area contributed by atoms with Gasteiger partial charge < -0.3 is 5.73 Å². The third-order valence-electron chi connectivity index (χ3n) is 4.56. The summed E-state index contributed by atoms with van der Waals surface area (Å²) in [7, 11) is 0. The highest BCUT2D eigenvalue weighted by Gasteiger charge is 2.21. The molecular weight excluding hydrogens is 294 g/mol. The second-order valence-corrected chi connectivity index (χ2v) is 7.75. The Morgan fingerprint density at radius 2 is 1.75 bits per heavy atom. The Hall–Kier alpha value is -1.71. The first-order chi connectivity index (χ1) is 11.3. The summed E-state index contributed by atoms with van der Waals surface area (Å²) in [6.07, 6.45) is 3.78. The molecule has 0 atom stereocenters. The molecule has 0 radical (unpaired) electrons. The summed E-state index contributed by atoms with van der Waals surface area (Å²) in [5.41, 5.74) is 12.8. The molecule has 1 heterocycles. The SMILES string of the molecule is Cc1cc(C)c(CN(Cc2cccnc2)CC(C)(C)CN)c(C)c1. The largest absolute Gasteiger partial charge is 0.330 e. The normalized spacial score (nSPS) is 12.0. The molecule has 0 aliphatic heterocycles. The van der Waals surface area contributed by atoms with E-state index in [1.165, 1.54) is 27.8 Å². The summed E-state index contributed by atoms with van der Waals surface area (Å²) in [5, 5.41) is 0. The number of hydrogen-bond acceptors (Lipinski definition) is 3. The van der Waals surface area contributed by atoms with Crippen molar-refractivity contribution in [2.75, 3.05) is 13.1 Å². The van der Waals surface area contributed by atoms with Gasteiger partial charge in [-0.2, -0.15) is 0 Å². The molecule has 1 aromatic heterocycles. The van der Waals surface area contributed by atoms with E-state index in [9.17, 15) is 0 Å². The fraction of sp³-hybridized carbons (Fsp3) is 0.476. The van der Waals surface area contributed by atoms with Crippen LogP contribution in [0.4, 0.5) is 0 Å². The van der Waals surface area contributed by atoms with E-state index in [4.69, 9.17) is 5.73 Å². The topological polar surface area (TPSA) is 42.2 Å². The van der Waals surface area contributed by atoms with Crippen LogP contribution in [0.5, 0.6) is 0 Å². The Bertz CT molecular complexity index is 639. The Morgan fingerprint density at radius 1 is 1.08 bits per heavy atom. The van der Waals surface area contributed by atoms with Gasteiger partial charge in [0.1, 0.15) is 0 Å². The summed E-state index contributed by atoms with van der Waals surface area (Å²) in [6.45, 7) is 14.5. The van der Waals surface area contributed by atoms with Gasteiger partial charge in [-0.15, -0.1) is 0 Å². The lowest BCUT2D eigenvalue weighted by atomic mass is 9.92. The zero-order valence-electron chi connectivity index (χ0n) is 15.8. The zero-order chi connectivity index (χ0) is 17.7. The van der Waals surface area contributed by atoms with Gasteiger partial charge in [0.05, 0.1) is 0 Å². The molecule has 0 saturated heterocycles. The van der Waals surface area contributed by atoms with Crippen LogP contribution in [0.2, 0.25) is 0 Å². The van der Waals surface area contributed by atoms with Crippen molar-refractivity contribution < 1.29 is 0 Å². The molecule has 2 aromatic rings. The molecule has 0 bridgehead atoms. The predicted molar refractivity (Wildman–Crippen MR) is 102 cm³/mol. The fourth-order valence-corrected chi connectivity index (χ4v) is 3.27. The van der Waals surface area contributed by atoms with Gasteiger partial charge in [0, 0.05) is 32.0 Å². The van der Waals surface area contributed by atoms with Crippen molar-refractivity contribution in [3.8, 4) is 0 Å². The van der Waals surface area contributed by atoms with Crippen LogP contribution in [-0.4, -0.2) is 23.0 Å². The molecule has 0 fully saturated rings. The van der Waals surface area contributed by atoms with Crippen molar-refractivity contribution in [3.05, 3.63) is 64.5 Å². The van der Waals surface area contributed by atoms with Crippen molar-refractivity contribution in [1.82, 2.24) is 9.88 Å². The van der Waals surface area contributed by atoms with Gasteiger partial charge in [0.2, 0.25) is 0 Å². The molecule has 1 aromatic carbocycles. The van der Waals surface area contributed by atoms with Crippen LogP contribution in [0.25, 0.3) is 0 Å². The molecule has 2 rings (SSSR count). The molecule has 0 spiro atoms. The van der Waals surface area contributed by atoms with E-state index in [1.807, 2.05) is 18.5 Å². The predicted octanol–water partition coefficient (Wildman–Crippen LogP) is 3.99. The Kier molecular flexibility index (Phi) is 6.14. The molecule has 0 unspecified atom stereocenters. The van der Waals surface area contributed by atoms with Crippen molar-refractivity contribution >= 4 is 0 Å². The van der Waals surface area contributed by atoms with E-state index < -0.39 is 0 Å². The smallest absolute Gasteiger partial charge is 0.0312 e. The van der Waals surface area contributed by atoms with E-state index in [0.29, 0.717) is 6.54 Å². The lowest BCUT2D eigenvalue weighted by Gasteiger charge is -2.32. The number of pyridine rings is 1. The molecule has 130 valence electrons. The van der Waals surface area contributed by atoms with Crippen molar-refractivity contribution in [2.24, 2.45) is 11.1 Å². The monoisotopic (exact) mass is 325 g/mol. The summed E-state index contributed by atoms with van der Waals surface area (Å²) < 4.78 is 0. The van der Waals surface area contributed by atoms with Crippen molar-refractivity contribution in [2.45, 2.75) is 47.7 Å². The second kappa shape index (κ2) is 7.91. The molecule has 3 heteroatoms. The first-order valence-corrected chi connectivity index (χ1v) is 8.69. The molecule has 0 saturated carbocycles. The molecular formula is C21H31N3. The number of nitrogens with zero attached hydrogens (tertiary/aromatic N) is 2. The number of hydrogen-bond donors (Lipinski definition) is 1. The van der Waals surface area contributed by atoms with Crippen LogP contribution in [0.3, 0.4) is 0 Å². The summed E-state index contributed by atoms with van der Waals surface area (Å²) >= 11 is 0. The van der Waals surface area contributed by atoms with Crippen LogP contribution < -0.4 is 5.73 Å². The number of aryl methyl sites for hydroxylation is 3. The quantitative estimate of drug-likeness (QED) is 0.837. The lowest BCUT2D eigenvalue weighted by molar-refractivity contribution is 0.168. The van der Waals surface area contributed by atoms with Crippen molar-refractivity contribution in [1.29, 1.82) is 0 Å². The molecule has 3 nitrogen and oxygen atoms in total. The highest BCUT2D eigenvalue weighted by molar-refractivity contribution is 5.37. The lowest BCUT2D eigenvalue weighted by Crippen LogP contribution is -2.38. The maximum absolute atomic E-state index is 5.98. The van der Waals surface area contributed by atoms with E-state index >= 15 is 0 Å². The first kappa shape index (κ1) is 18.6. The van der Waals surface area contributed by atoms with Crippen LogP contribution in [0.15, 0.2) is 36.7 Å². The Morgan fingerprint density at radius 3 is 2.29 bits per heavy atom. The molecule has 24 heavy (non-hydrogen) atoms. The minimum Gasteiger partial charge on any atom is -0.330 e. The van der Waals surface area contributed by atoms with Crippen LogP contribution >= 0.6 is 0 Å². The van der Waals surface area contributed by atoms with Gasteiger partial charge in [-0.3, -0.25) is 9.88 Å². The maximum atomic E-state index is 5.98. The standard InChI is InChI=1S/C21H31N3/c1-16-9-17(2)20(18(3)10-16)13-24(15-21(4,5)14-22)12-19-7-6-8-23-11-19/h6-11H,12-15,22H2,1-5H3. The highest BCUT2D eigenvalue weighted by atomic mass is 15.1. The van der Waals surface area contributed by atoms with Gasteiger partial charge in [-0.05, 0) is 61.1 Å². The summed E-state index contributed by atoms with van der Waals surface area (Å²) in [4.78, 5) is 6.75. The molecule has 0 aliphatic carbocycles. The summed E-state index contributed by atoms with van der Waals surface area (Å²) in [6, 6.07) is 8.70. The maximum Gasteiger partial charge on any atom is 0.0312 e. The van der Waals surface area contributed by atoms with Gasteiger partial charge in [-0.25, -0.2) is 0 Å². The number of aromatic nitrogens is 1. The van der Waals surface area contributed by atoms with Crippen LogP contribution in [-0.2, 0) is 13.1 Å². The van der Waals surface area contributed by atoms with Gasteiger partial charge in [0.15, 0.2) is 0 Å². The minimum atomic E-state index is 0.0920. The van der Waals surface area contributed by atoms with E-state index in [1.54, 1.807) is 0 Å². The van der Waals surface area contributed by atoms with Crippen molar-refractivity contribution in [3.63, 3.8) is 0 Å². The van der Waals surface area contributed by atoms with Gasteiger partial charge >= 0.3 is 0 Å². The average Bonchev–Trinajstić information content (AvgIpc) is 2.51. The Balaban J connectivity index is 2.25. The van der Waals surface area contributed by atoms with Crippen LogP contribution in [0.1, 0.15) is 41.7 Å². The number of rotatable bonds is 7. The number of nitrogens with two attached hydrogens (primary N) is 1. The second-order valence-electron chi connectivity index (χ2n) is 7.75. The third-order valence-corrected chi connectivity index (χ3v) is 4.56. The van der Waals surface area contributed by atoms with Crippen LogP contribution in [0, 0.1) is 26.2 Å². The zero-order valence-corrected chi connectivity index (χ0v) is 15.8. The van der Waals surface area contributed by atoms with E-state index in [0.717, 1.165) is 19.6 Å². The molecule has 0 aliphatic rings. The molecule has 2 N–H and O–H groups in total.